The van der Waals surface area contributed by atoms with E-state index in [1.54, 1.807) is 4.57 Å². The van der Waals surface area contributed by atoms with Crippen LogP contribution in [0.15, 0.2) is 22.2 Å². The van der Waals surface area contributed by atoms with Gasteiger partial charge >= 0.3 is 5.97 Å². The second-order valence-electron chi connectivity index (χ2n) is 6.79. The highest BCUT2D eigenvalue weighted by Crippen LogP contribution is 2.40. The molecule has 154 valence electrons. The third-order valence-electron chi connectivity index (χ3n) is 4.71. The predicted octanol–water partition coefficient (Wildman–Crippen LogP) is 2.94. The Morgan fingerprint density at radius 3 is 2.76 bits per heavy atom. The van der Waals surface area contributed by atoms with E-state index in [4.69, 9.17) is 27.6 Å². The normalized spacial score (nSPS) is 14.3. The number of carboxylic acid groups (broad SMARTS) is 1. The zero-order valence-electron chi connectivity index (χ0n) is 15.7. The van der Waals surface area contributed by atoms with Gasteiger partial charge < -0.3 is 25.7 Å². The molecule has 8 nitrogen and oxygen atoms in total. The molecule has 4 N–H and O–H groups in total. The van der Waals surface area contributed by atoms with E-state index in [0.29, 0.717) is 12.1 Å². The first-order chi connectivity index (χ1) is 13.8. The number of carboxylic acids is 1. The number of hydrogen-bond donors (Lipinski definition) is 3. The number of aromatic nitrogens is 1. The minimum atomic E-state index is -1.39. The Kier molecular flexibility index (Phi) is 5.99. The van der Waals surface area contributed by atoms with Crippen LogP contribution in [0, 0.1) is 11.2 Å². The van der Waals surface area contributed by atoms with Crippen LogP contribution >= 0.6 is 11.6 Å². The van der Waals surface area contributed by atoms with Gasteiger partial charge in [0, 0.05) is 30.8 Å². The molecule has 3 rings (SSSR count). The van der Waals surface area contributed by atoms with Gasteiger partial charge in [0.1, 0.15) is 18.5 Å². The Bertz CT molecular complexity index is 1090. The molecule has 1 aromatic heterocycles. The fourth-order valence-electron chi connectivity index (χ4n) is 3.27. The summed E-state index contributed by atoms with van der Waals surface area (Å²) in [5.74, 6) is -2.26. The van der Waals surface area contributed by atoms with Crippen molar-refractivity contribution >= 4 is 39.9 Å². The van der Waals surface area contributed by atoms with Gasteiger partial charge in [-0.05, 0) is 25.5 Å². The number of carbonyl (C=O) groups is 1. The number of oxime groups is 1. The van der Waals surface area contributed by atoms with Crippen molar-refractivity contribution in [3.63, 3.8) is 0 Å². The summed E-state index contributed by atoms with van der Waals surface area (Å²) in [6.45, 7) is 0.280. The third-order valence-corrected chi connectivity index (χ3v) is 5.08. The zero-order valence-corrected chi connectivity index (χ0v) is 16.4. The van der Waals surface area contributed by atoms with Gasteiger partial charge in [0.2, 0.25) is 5.43 Å². The largest absolute Gasteiger partial charge is 0.477 e. The van der Waals surface area contributed by atoms with Crippen LogP contribution in [-0.2, 0) is 4.84 Å². The fraction of sp³-hybridized carbons (Fsp3) is 0.368. The summed E-state index contributed by atoms with van der Waals surface area (Å²) in [4.78, 5) is 28.8. The number of halogens is 2. The Labute approximate surface area is 170 Å². The van der Waals surface area contributed by atoms with Crippen LogP contribution in [0.2, 0.25) is 5.02 Å². The van der Waals surface area contributed by atoms with Crippen LogP contribution in [0.1, 0.15) is 47.6 Å². The molecule has 0 unspecified atom stereocenters. The molecule has 0 spiro atoms. The number of rotatable bonds is 8. The molecule has 0 aliphatic heterocycles. The Morgan fingerprint density at radius 2 is 2.21 bits per heavy atom. The highest BCUT2D eigenvalue weighted by Gasteiger charge is 2.30. The standard InChI is InChI=1S/C19H20ClFN4O4/c1-29-24-9(4-5-22)6-14(23)15-13(21)7-11-17(16(15)20)25(10-2-3-10)8-12(18(11)26)19(27)28/h7-8,10,23H,2-6,22H2,1H3,(H,27,28). The average molecular weight is 423 g/mol. The Morgan fingerprint density at radius 1 is 1.52 bits per heavy atom. The summed E-state index contributed by atoms with van der Waals surface area (Å²) in [7, 11) is 1.36. The number of hydrogen-bond acceptors (Lipinski definition) is 6. The maximum absolute atomic E-state index is 14.9. The van der Waals surface area contributed by atoms with Gasteiger partial charge in [-0.25, -0.2) is 9.18 Å². The number of nitrogens with zero attached hydrogens (tertiary/aromatic N) is 2. The highest BCUT2D eigenvalue weighted by molar-refractivity contribution is 6.39. The molecule has 1 aliphatic carbocycles. The lowest BCUT2D eigenvalue weighted by Gasteiger charge is -2.16. The van der Waals surface area contributed by atoms with Gasteiger partial charge in [0.05, 0.1) is 27.2 Å². The van der Waals surface area contributed by atoms with Crippen LogP contribution < -0.4 is 11.2 Å². The highest BCUT2D eigenvalue weighted by atomic mass is 35.5. The van der Waals surface area contributed by atoms with E-state index in [2.05, 4.69) is 5.16 Å². The van der Waals surface area contributed by atoms with Crippen LogP contribution in [-0.4, -0.2) is 40.7 Å². The van der Waals surface area contributed by atoms with Crippen LogP contribution in [0.4, 0.5) is 4.39 Å². The number of fused-ring (bicyclic) bond motifs is 1. The molecule has 0 atom stereocenters. The van der Waals surface area contributed by atoms with Gasteiger partial charge in [-0.15, -0.1) is 0 Å². The first kappa shape index (κ1) is 20.9. The predicted molar refractivity (Wildman–Crippen MR) is 108 cm³/mol. The van der Waals surface area contributed by atoms with E-state index in [-0.39, 0.29) is 46.2 Å². The summed E-state index contributed by atoms with van der Waals surface area (Å²) in [6.07, 6.45) is 3.15. The molecule has 0 saturated heterocycles. The van der Waals surface area contributed by atoms with E-state index in [1.807, 2.05) is 0 Å². The van der Waals surface area contributed by atoms with E-state index >= 15 is 0 Å². The van der Waals surface area contributed by atoms with Crippen molar-refractivity contribution in [3.8, 4) is 0 Å². The maximum Gasteiger partial charge on any atom is 0.341 e. The maximum atomic E-state index is 14.9. The van der Waals surface area contributed by atoms with Crippen LogP contribution in [0.25, 0.3) is 10.9 Å². The Balaban J connectivity index is 2.20. The summed E-state index contributed by atoms with van der Waals surface area (Å²) >= 11 is 6.48. The second-order valence-corrected chi connectivity index (χ2v) is 7.17. The molecule has 0 radical (unpaired) electrons. The molecule has 0 bridgehead atoms. The van der Waals surface area contributed by atoms with Crippen LogP contribution in [0.5, 0.6) is 0 Å². The molecular weight excluding hydrogens is 403 g/mol. The number of nitrogens with one attached hydrogen (secondary N) is 1. The van der Waals surface area contributed by atoms with Gasteiger partial charge in [-0.3, -0.25) is 4.79 Å². The second kappa shape index (κ2) is 8.30. The first-order valence-corrected chi connectivity index (χ1v) is 9.34. The number of aromatic carboxylic acids is 1. The smallest absolute Gasteiger partial charge is 0.341 e. The van der Waals surface area contributed by atoms with Crippen molar-refractivity contribution < 1.29 is 19.1 Å². The zero-order chi connectivity index (χ0) is 21.3. The molecule has 1 aliphatic rings. The topological polar surface area (TPSA) is 131 Å². The summed E-state index contributed by atoms with van der Waals surface area (Å²) in [6, 6.07) is 0.929. The molecule has 29 heavy (non-hydrogen) atoms. The summed E-state index contributed by atoms with van der Waals surface area (Å²) in [5, 5.41) is 21.3. The van der Waals surface area contributed by atoms with Crippen LogP contribution in [0.3, 0.4) is 0 Å². The monoisotopic (exact) mass is 422 g/mol. The van der Waals surface area contributed by atoms with E-state index in [9.17, 15) is 19.1 Å². The average Bonchev–Trinajstić information content (AvgIpc) is 3.47. The van der Waals surface area contributed by atoms with Crippen molar-refractivity contribution in [2.24, 2.45) is 10.9 Å². The Hall–Kier alpha value is -2.78. The first-order valence-electron chi connectivity index (χ1n) is 8.97. The SMILES string of the molecule is CON=C(CCN)CC(=N)c1c(F)cc2c(=O)c(C(=O)O)cn(C3CC3)c2c1Cl. The van der Waals surface area contributed by atoms with Crippen molar-refractivity contribution in [2.45, 2.75) is 31.7 Å². The molecule has 2 aromatic rings. The molecule has 1 saturated carbocycles. The van der Waals surface area contributed by atoms with Gasteiger partial charge in [-0.1, -0.05) is 16.8 Å². The molecule has 0 amide bonds. The molecular formula is C19H20ClFN4O4. The number of pyridine rings is 1. The number of nitrogens with two attached hydrogens (primary N) is 1. The molecule has 1 heterocycles. The van der Waals surface area contributed by atoms with E-state index < -0.39 is 22.8 Å². The van der Waals surface area contributed by atoms with Gasteiger partial charge in [-0.2, -0.15) is 0 Å². The summed E-state index contributed by atoms with van der Waals surface area (Å²) < 4.78 is 16.5. The van der Waals surface area contributed by atoms with Gasteiger partial charge in [0.25, 0.3) is 0 Å². The lowest BCUT2D eigenvalue weighted by molar-refractivity contribution is 0.0695. The van der Waals surface area contributed by atoms with Crippen molar-refractivity contribution in [3.05, 3.63) is 44.5 Å². The molecule has 1 aromatic carbocycles. The van der Waals surface area contributed by atoms with Gasteiger partial charge in [0.15, 0.2) is 0 Å². The quantitative estimate of drug-likeness (QED) is 0.444. The minimum Gasteiger partial charge on any atom is -0.477 e. The minimum absolute atomic E-state index is 0.0240. The number of benzene rings is 1. The van der Waals surface area contributed by atoms with Crippen molar-refractivity contribution in [2.75, 3.05) is 13.7 Å². The van der Waals surface area contributed by atoms with E-state index in [0.717, 1.165) is 18.9 Å². The van der Waals surface area contributed by atoms with Crippen molar-refractivity contribution in [1.29, 1.82) is 5.41 Å². The fourth-order valence-corrected chi connectivity index (χ4v) is 3.67. The third kappa shape index (κ3) is 4.01. The molecule has 10 heteroatoms. The lowest BCUT2D eigenvalue weighted by Crippen LogP contribution is -2.20. The van der Waals surface area contributed by atoms with Crippen molar-refractivity contribution in [1.82, 2.24) is 4.57 Å². The molecule has 1 fully saturated rings. The lowest BCUT2D eigenvalue weighted by atomic mass is 9.99. The van der Waals surface area contributed by atoms with E-state index in [1.165, 1.54) is 13.3 Å². The summed E-state index contributed by atoms with van der Waals surface area (Å²) in [5.41, 5.74) is 4.66.